The fourth-order valence-electron chi connectivity index (χ4n) is 14.7. The summed E-state index contributed by atoms with van der Waals surface area (Å²) in [7, 11) is 0. The number of nitrogens with zero attached hydrogens (tertiary/aromatic N) is 3. The topological polar surface area (TPSA) is 84.0 Å². The minimum atomic E-state index is 0.0571. The molecule has 304 valence electrons. The first-order valence-corrected chi connectivity index (χ1v) is 24.3. The van der Waals surface area contributed by atoms with Gasteiger partial charge in [0.25, 0.3) is 0 Å². The maximum Gasteiger partial charge on any atom is 0.0655 e. The van der Waals surface area contributed by atoms with Gasteiger partial charge in [0.2, 0.25) is 0 Å². The summed E-state index contributed by atoms with van der Waals surface area (Å²) in [5, 5.41) is 9.70. The predicted molar refractivity (Wildman–Crippen MR) is 232 cm³/mol. The van der Waals surface area contributed by atoms with Crippen molar-refractivity contribution >= 4 is 12.3 Å². The molecule has 8 unspecified atom stereocenters. The highest BCUT2D eigenvalue weighted by Gasteiger charge is 2.46. The van der Waals surface area contributed by atoms with Gasteiger partial charge in [0.1, 0.15) is 0 Å². The van der Waals surface area contributed by atoms with Gasteiger partial charge in [0.05, 0.1) is 12.2 Å². The molecule has 8 aliphatic rings. The molecule has 1 saturated heterocycles. The SMILES string of the molecule is N#CC1CCC(C2=C(C3CCCCC3C3CCCCC3C(=Cn3c4c(c5c3CCCC5)CCC=C4)CC(N)N3CC(C=CN)C4CCCCC43)CCCC2)CC1. The van der Waals surface area contributed by atoms with Gasteiger partial charge in [0, 0.05) is 36.1 Å². The molecule has 0 bridgehead atoms. The van der Waals surface area contributed by atoms with E-state index in [1.54, 1.807) is 22.4 Å². The van der Waals surface area contributed by atoms with Crippen LogP contribution < -0.4 is 11.5 Å². The van der Waals surface area contributed by atoms with Crippen LogP contribution in [0.15, 0.2) is 35.1 Å². The van der Waals surface area contributed by atoms with Crippen LogP contribution in [0.25, 0.3) is 12.3 Å². The molecule has 0 radical (unpaired) electrons. The monoisotopic (exact) mass is 758 g/mol. The van der Waals surface area contributed by atoms with Gasteiger partial charge in [-0.2, -0.15) is 5.26 Å². The van der Waals surface area contributed by atoms with Crippen molar-refractivity contribution in [1.29, 1.82) is 5.26 Å². The molecule has 0 aromatic carbocycles. The average Bonchev–Trinajstić information content (AvgIpc) is 3.79. The van der Waals surface area contributed by atoms with Crippen LogP contribution in [0, 0.1) is 58.7 Å². The Kier molecular flexibility index (Phi) is 12.3. The molecule has 1 aromatic rings. The summed E-state index contributed by atoms with van der Waals surface area (Å²) in [6.07, 6.45) is 47.1. The predicted octanol–water partition coefficient (Wildman–Crippen LogP) is 11.6. The number of nitriles is 1. The summed E-state index contributed by atoms with van der Waals surface area (Å²) in [6.45, 7) is 1.07. The number of likely N-dealkylation sites (tertiary alicyclic amines) is 1. The summed E-state index contributed by atoms with van der Waals surface area (Å²) in [6, 6.07) is 3.22. The van der Waals surface area contributed by atoms with E-state index in [0.717, 1.165) is 49.5 Å². The number of nitrogens with two attached hydrogens (primary N) is 2. The van der Waals surface area contributed by atoms with Crippen LogP contribution in [0.2, 0.25) is 0 Å². The molecule has 56 heavy (non-hydrogen) atoms. The lowest BCUT2D eigenvalue weighted by molar-refractivity contribution is 0.0985. The standard InChI is InChI=1S/C51H75N5/c52-30-29-37-33-56(48-22-10-7-15-41(37)48)51(54)31-38(34-55-49-23-11-8-20-46(49)47-21-9-12-24-50(47)55)40-14-2-4-17-43(40)45-19-6-5-18-44(45)42-16-3-1-13-39(42)36-27-25-35(32-53)26-28-36/h11,23,29-30,34-37,40-41,43-45,48,51H,1-10,12-22,24-28,31,33,52,54H2. The van der Waals surface area contributed by atoms with Crippen molar-refractivity contribution in [3.8, 4) is 6.07 Å². The van der Waals surface area contributed by atoms with E-state index in [1.807, 2.05) is 17.3 Å². The van der Waals surface area contributed by atoms with E-state index in [-0.39, 0.29) is 6.17 Å². The Morgan fingerprint density at radius 1 is 0.750 bits per heavy atom. The Morgan fingerprint density at radius 2 is 1.46 bits per heavy atom. The van der Waals surface area contributed by atoms with E-state index in [2.05, 4.69) is 40.0 Å². The summed E-state index contributed by atoms with van der Waals surface area (Å²) < 4.78 is 2.75. The first-order chi connectivity index (χ1) is 27.6. The molecular weight excluding hydrogens is 683 g/mol. The second kappa shape index (κ2) is 17.7. The lowest BCUT2D eigenvalue weighted by Gasteiger charge is -2.47. The van der Waals surface area contributed by atoms with Gasteiger partial charge in [-0.25, -0.2) is 0 Å². The van der Waals surface area contributed by atoms with Gasteiger partial charge in [-0.3, -0.25) is 4.90 Å². The average molecular weight is 758 g/mol. The maximum absolute atomic E-state index is 9.70. The minimum absolute atomic E-state index is 0.0571. The van der Waals surface area contributed by atoms with Gasteiger partial charge < -0.3 is 16.0 Å². The van der Waals surface area contributed by atoms with Gasteiger partial charge in [0.15, 0.2) is 0 Å². The maximum atomic E-state index is 9.70. The fourth-order valence-corrected chi connectivity index (χ4v) is 14.7. The van der Waals surface area contributed by atoms with Crippen molar-refractivity contribution in [2.75, 3.05) is 6.54 Å². The third kappa shape index (κ3) is 7.70. The molecule has 5 fully saturated rings. The number of aromatic nitrogens is 1. The van der Waals surface area contributed by atoms with E-state index in [1.165, 1.54) is 160 Å². The lowest BCUT2D eigenvalue weighted by atomic mass is 9.59. The number of hydrogen-bond acceptors (Lipinski definition) is 4. The molecule has 4 saturated carbocycles. The van der Waals surface area contributed by atoms with E-state index in [9.17, 15) is 5.26 Å². The van der Waals surface area contributed by atoms with Gasteiger partial charge in [-0.15, -0.1) is 0 Å². The van der Waals surface area contributed by atoms with Crippen LogP contribution in [0.1, 0.15) is 177 Å². The number of fused-ring (bicyclic) bond motifs is 4. The Balaban J connectivity index is 1.08. The smallest absolute Gasteiger partial charge is 0.0655 e. The second-order valence-electron chi connectivity index (χ2n) is 20.1. The van der Waals surface area contributed by atoms with Crippen molar-refractivity contribution in [3.05, 3.63) is 57.6 Å². The molecule has 2 heterocycles. The Bertz CT molecular complexity index is 1690. The molecule has 4 N–H and O–H groups in total. The van der Waals surface area contributed by atoms with Gasteiger partial charge in [-0.05, 0) is 205 Å². The number of rotatable bonds is 9. The zero-order chi connectivity index (χ0) is 38.0. The number of hydrogen-bond donors (Lipinski definition) is 2. The molecule has 9 rings (SSSR count). The molecule has 1 aliphatic heterocycles. The summed E-state index contributed by atoms with van der Waals surface area (Å²) in [4.78, 5) is 2.77. The van der Waals surface area contributed by atoms with Crippen LogP contribution in [0.4, 0.5) is 0 Å². The first kappa shape index (κ1) is 38.9. The Hall–Kier alpha value is -2.55. The van der Waals surface area contributed by atoms with E-state index >= 15 is 0 Å². The zero-order valence-electron chi connectivity index (χ0n) is 35.0. The van der Waals surface area contributed by atoms with Crippen LogP contribution in [-0.4, -0.2) is 28.2 Å². The molecule has 8 atom stereocenters. The molecule has 0 spiro atoms. The van der Waals surface area contributed by atoms with Crippen LogP contribution >= 0.6 is 0 Å². The van der Waals surface area contributed by atoms with Crippen molar-refractivity contribution in [2.24, 2.45) is 58.8 Å². The van der Waals surface area contributed by atoms with Gasteiger partial charge in [-0.1, -0.05) is 61.8 Å². The summed E-state index contributed by atoms with van der Waals surface area (Å²) in [5.41, 5.74) is 25.7. The molecule has 0 amide bonds. The van der Waals surface area contributed by atoms with Crippen molar-refractivity contribution in [2.45, 2.75) is 186 Å². The van der Waals surface area contributed by atoms with Crippen LogP contribution in [0.5, 0.6) is 0 Å². The third-order valence-electron chi connectivity index (χ3n) is 17.3. The third-order valence-corrected chi connectivity index (χ3v) is 17.3. The van der Waals surface area contributed by atoms with Crippen molar-refractivity contribution in [1.82, 2.24) is 9.47 Å². The summed E-state index contributed by atoms with van der Waals surface area (Å²) >= 11 is 0. The highest BCUT2D eigenvalue weighted by atomic mass is 15.3. The molecule has 5 nitrogen and oxygen atoms in total. The van der Waals surface area contributed by atoms with E-state index in [0.29, 0.717) is 29.7 Å². The molecule has 1 aromatic heterocycles. The van der Waals surface area contributed by atoms with Crippen LogP contribution in [0.3, 0.4) is 0 Å². The van der Waals surface area contributed by atoms with E-state index < -0.39 is 0 Å². The lowest BCUT2D eigenvalue weighted by Crippen LogP contribution is -2.47. The molecule has 7 aliphatic carbocycles. The fraction of sp³-hybridized carbons (Fsp3) is 0.745. The van der Waals surface area contributed by atoms with Crippen LogP contribution in [-0.2, 0) is 19.3 Å². The highest BCUT2D eigenvalue weighted by molar-refractivity contribution is 5.63. The quantitative estimate of drug-likeness (QED) is 0.246. The minimum Gasteiger partial charge on any atom is -0.405 e. The van der Waals surface area contributed by atoms with E-state index in [4.69, 9.17) is 11.5 Å². The Morgan fingerprint density at radius 3 is 2.29 bits per heavy atom. The normalized spacial score (nSPS) is 36.2. The highest BCUT2D eigenvalue weighted by Crippen LogP contribution is 2.53. The number of allylic oxidation sites excluding steroid dienone is 3. The van der Waals surface area contributed by atoms with Gasteiger partial charge >= 0.3 is 0 Å². The molecule has 5 heteroatoms. The second-order valence-corrected chi connectivity index (χ2v) is 20.1. The largest absolute Gasteiger partial charge is 0.405 e. The summed E-state index contributed by atoms with van der Waals surface area (Å²) in [5.74, 6) is 5.22. The first-order valence-electron chi connectivity index (χ1n) is 24.3. The van der Waals surface area contributed by atoms with Crippen molar-refractivity contribution < 1.29 is 0 Å². The molecular formula is C51H75N5. The Labute approximate surface area is 340 Å². The van der Waals surface area contributed by atoms with Crippen molar-refractivity contribution in [3.63, 3.8) is 0 Å². The zero-order valence-corrected chi connectivity index (χ0v) is 35.0.